The van der Waals surface area contributed by atoms with E-state index in [2.05, 4.69) is 0 Å². The molecule has 0 fully saturated rings. The second kappa shape index (κ2) is 6.50. The van der Waals surface area contributed by atoms with Crippen LogP contribution in [0.1, 0.15) is 21.5 Å². The molecule has 0 aliphatic heterocycles. The first-order chi connectivity index (χ1) is 12.1. The minimum Gasteiger partial charge on any atom is -0.369 e. The third kappa shape index (κ3) is 3.52. The van der Waals surface area contributed by atoms with Gasteiger partial charge in [-0.3, -0.25) is 4.79 Å². The van der Waals surface area contributed by atoms with Crippen molar-refractivity contribution in [2.75, 3.05) is 0 Å². The number of hydrogen-bond acceptors (Lipinski definition) is 3. The van der Waals surface area contributed by atoms with E-state index in [1.165, 1.54) is 0 Å². The molecule has 0 bridgehead atoms. The summed E-state index contributed by atoms with van der Waals surface area (Å²) >= 11 is 0. The van der Waals surface area contributed by atoms with Gasteiger partial charge in [-0.2, -0.15) is 52.7 Å². The van der Waals surface area contributed by atoms with Crippen molar-refractivity contribution in [3.63, 3.8) is 0 Å². The number of hydrogen-bond donors (Lipinski definition) is 2. The van der Waals surface area contributed by atoms with Crippen molar-refractivity contribution >= 4 is 6.29 Å². The van der Waals surface area contributed by atoms with Gasteiger partial charge in [0.25, 0.3) is 11.2 Å². The summed E-state index contributed by atoms with van der Waals surface area (Å²) in [4.78, 5) is 10.7. The van der Waals surface area contributed by atoms with Crippen LogP contribution in [0.3, 0.4) is 0 Å². The van der Waals surface area contributed by atoms with Crippen molar-refractivity contribution in [2.45, 2.75) is 35.9 Å². The average Bonchev–Trinajstić information content (AvgIpc) is 2.48. The fourth-order valence-corrected chi connectivity index (χ4v) is 2.11. The maximum Gasteiger partial charge on any atom is 0.430 e. The standard InChI is InChI=1S/C13H6F12O3/c14-10(15,16)8(27,11(17,18)19)6-1-5(4-26)2-7(3-6)9(28,12(20,21)22)13(23,24)25/h1-4,27-28H. The summed E-state index contributed by atoms with van der Waals surface area (Å²) in [7, 11) is 0. The Bertz CT molecular complexity index is 657. The molecule has 0 aromatic heterocycles. The molecule has 0 unspecified atom stereocenters. The van der Waals surface area contributed by atoms with Crippen LogP contribution in [0.2, 0.25) is 0 Å². The van der Waals surface area contributed by atoms with E-state index in [0.29, 0.717) is 0 Å². The Morgan fingerprint density at radius 3 is 1.00 bits per heavy atom. The SMILES string of the molecule is O=Cc1cc(C(O)(C(F)(F)F)C(F)(F)F)cc(C(O)(C(F)(F)F)C(F)(F)F)c1. The summed E-state index contributed by atoms with van der Waals surface area (Å²) in [6, 6.07) is -1.80. The summed E-state index contributed by atoms with van der Waals surface area (Å²) < 4.78 is 154. The van der Waals surface area contributed by atoms with E-state index < -0.39 is 77.1 Å². The van der Waals surface area contributed by atoms with Crippen LogP contribution in [-0.4, -0.2) is 41.2 Å². The van der Waals surface area contributed by atoms with Crippen LogP contribution in [0.15, 0.2) is 18.2 Å². The number of rotatable bonds is 3. The van der Waals surface area contributed by atoms with Gasteiger partial charge in [0.05, 0.1) is 0 Å². The molecule has 0 amide bonds. The molecule has 0 saturated carbocycles. The number of benzene rings is 1. The first kappa shape index (κ1) is 24.0. The van der Waals surface area contributed by atoms with Crippen molar-refractivity contribution in [3.05, 3.63) is 34.9 Å². The molecule has 0 radical (unpaired) electrons. The Labute approximate surface area is 146 Å². The summed E-state index contributed by atoms with van der Waals surface area (Å²) in [5, 5.41) is 18.3. The third-order valence-electron chi connectivity index (χ3n) is 3.57. The predicted molar refractivity (Wildman–Crippen MR) is 63.8 cm³/mol. The van der Waals surface area contributed by atoms with Gasteiger partial charge in [-0.05, 0) is 18.2 Å². The lowest BCUT2D eigenvalue weighted by Crippen LogP contribution is -2.55. The van der Waals surface area contributed by atoms with Gasteiger partial charge < -0.3 is 10.2 Å². The fourth-order valence-electron chi connectivity index (χ4n) is 2.11. The van der Waals surface area contributed by atoms with Crippen LogP contribution in [-0.2, 0) is 11.2 Å². The van der Waals surface area contributed by atoms with E-state index in [9.17, 15) is 57.5 Å². The van der Waals surface area contributed by atoms with Gasteiger partial charge in [0, 0.05) is 16.7 Å². The molecule has 0 heterocycles. The van der Waals surface area contributed by atoms with Gasteiger partial charge in [0.15, 0.2) is 0 Å². The first-order valence-electron chi connectivity index (χ1n) is 6.47. The highest BCUT2D eigenvalue weighted by Crippen LogP contribution is 2.53. The van der Waals surface area contributed by atoms with E-state index in [1.54, 1.807) is 0 Å². The molecule has 0 saturated heterocycles. The zero-order valence-corrected chi connectivity index (χ0v) is 12.6. The van der Waals surface area contributed by atoms with Crippen LogP contribution in [0.5, 0.6) is 0 Å². The summed E-state index contributed by atoms with van der Waals surface area (Å²) in [5.41, 5.74) is -18.6. The minimum atomic E-state index is -6.67. The summed E-state index contributed by atoms with van der Waals surface area (Å²) in [6.07, 6.45) is -27.3. The van der Waals surface area contributed by atoms with Crippen molar-refractivity contribution in [1.82, 2.24) is 0 Å². The second-order valence-electron chi connectivity index (χ2n) is 5.37. The van der Waals surface area contributed by atoms with Crippen LogP contribution in [0, 0.1) is 0 Å². The molecule has 0 aliphatic carbocycles. The molecule has 2 N–H and O–H groups in total. The monoisotopic (exact) mass is 438 g/mol. The van der Waals surface area contributed by atoms with Gasteiger partial charge in [-0.15, -0.1) is 0 Å². The number of aliphatic hydroxyl groups is 2. The van der Waals surface area contributed by atoms with Gasteiger partial charge in [-0.25, -0.2) is 0 Å². The smallest absolute Gasteiger partial charge is 0.369 e. The Hall–Kier alpha value is -2.03. The molecule has 1 aromatic rings. The van der Waals surface area contributed by atoms with Crippen molar-refractivity contribution < 1.29 is 67.7 Å². The third-order valence-corrected chi connectivity index (χ3v) is 3.57. The molecular weight excluding hydrogens is 432 g/mol. The van der Waals surface area contributed by atoms with E-state index >= 15 is 0 Å². The predicted octanol–water partition coefficient (Wildman–Crippen LogP) is 4.12. The Balaban J connectivity index is 4.04. The number of carbonyl (C=O) groups excluding carboxylic acids is 1. The maximum absolute atomic E-state index is 12.9. The van der Waals surface area contributed by atoms with E-state index in [0.717, 1.165) is 0 Å². The van der Waals surface area contributed by atoms with Crippen molar-refractivity contribution in [1.29, 1.82) is 0 Å². The van der Waals surface area contributed by atoms with E-state index in [4.69, 9.17) is 10.2 Å². The van der Waals surface area contributed by atoms with Crippen molar-refractivity contribution in [2.24, 2.45) is 0 Å². The summed E-state index contributed by atoms with van der Waals surface area (Å²) in [6.45, 7) is 0. The number of carbonyl (C=O) groups is 1. The average molecular weight is 438 g/mol. The van der Waals surface area contributed by atoms with Crippen LogP contribution in [0.4, 0.5) is 52.7 Å². The highest BCUT2D eigenvalue weighted by molar-refractivity contribution is 5.76. The Morgan fingerprint density at radius 1 is 0.571 bits per heavy atom. The molecule has 3 nitrogen and oxygen atoms in total. The lowest BCUT2D eigenvalue weighted by molar-refractivity contribution is -0.378. The largest absolute Gasteiger partial charge is 0.430 e. The highest BCUT2D eigenvalue weighted by Gasteiger charge is 2.74. The van der Waals surface area contributed by atoms with Crippen LogP contribution in [0.25, 0.3) is 0 Å². The molecule has 0 aliphatic rings. The minimum absolute atomic E-state index is 0.412. The first-order valence-corrected chi connectivity index (χ1v) is 6.47. The Morgan fingerprint density at radius 2 is 0.821 bits per heavy atom. The van der Waals surface area contributed by atoms with Gasteiger partial charge >= 0.3 is 24.7 Å². The van der Waals surface area contributed by atoms with E-state index in [1.807, 2.05) is 0 Å². The molecular formula is C13H6F12O3. The maximum atomic E-state index is 12.9. The number of aldehydes is 1. The molecule has 1 rings (SSSR count). The number of halogens is 12. The van der Waals surface area contributed by atoms with Crippen molar-refractivity contribution in [3.8, 4) is 0 Å². The summed E-state index contributed by atoms with van der Waals surface area (Å²) in [5.74, 6) is 0. The lowest BCUT2D eigenvalue weighted by Gasteiger charge is -2.36. The van der Waals surface area contributed by atoms with Gasteiger partial charge in [0.2, 0.25) is 0 Å². The molecule has 0 spiro atoms. The zero-order valence-electron chi connectivity index (χ0n) is 12.6. The van der Waals surface area contributed by atoms with Crippen LogP contribution >= 0.6 is 0 Å². The quantitative estimate of drug-likeness (QED) is 0.552. The fraction of sp³-hybridized carbons (Fsp3) is 0.462. The lowest BCUT2D eigenvalue weighted by atomic mass is 9.84. The second-order valence-corrected chi connectivity index (χ2v) is 5.37. The van der Waals surface area contributed by atoms with Gasteiger partial charge in [0.1, 0.15) is 6.29 Å². The van der Waals surface area contributed by atoms with E-state index in [-0.39, 0.29) is 0 Å². The topological polar surface area (TPSA) is 57.5 Å². The molecule has 28 heavy (non-hydrogen) atoms. The van der Waals surface area contributed by atoms with Crippen LogP contribution < -0.4 is 0 Å². The zero-order chi connectivity index (χ0) is 22.6. The highest BCUT2D eigenvalue weighted by atomic mass is 19.4. The molecule has 160 valence electrons. The molecule has 0 atom stereocenters. The van der Waals surface area contributed by atoms with Gasteiger partial charge in [-0.1, -0.05) is 0 Å². The Kier molecular flexibility index (Phi) is 5.58. The number of alkyl halides is 12. The normalized spacial score (nSPS) is 14.9. The molecule has 1 aromatic carbocycles. The molecule has 15 heteroatoms.